The quantitative estimate of drug-likeness (QED) is 0.646. The highest BCUT2D eigenvalue weighted by atomic mass is 16.6. The van der Waals surface area contributed by atoms with Crippen molar-refractivity contribution in [2.75, 3.05) is 33.4 Å². The van der Waals surface area contributed by atoms with Crippen molar-refractivity contribution >= 4 is 6.09 Å². The maximum atomic E-state index is 11.2. The number of ether oxygens (including phenoxy) is 2. The molecule has 96 valence electrons. The highest BCUT2D eigenvalue weighted by Crippen LogP contribution is 2.05. The van der Waals surface area contributed by atoms with Gasteiger partial charge in [-0.3, -0.25) is 0 Å². The van der Waals surface area contributed by atoms with E-state index in [9.17, 15) is 4.79 Å². The van der Waals surface area contributed by atoms with E-state index in [4.69, 9.17) is 9.47 Å². The molecule has 0 aliphatic carbocycles. The van der Waals surface area contributed by atoms with Crippen LogP contribution in [0.15, 0.2) is 0 Å². The Bertz CT molecular complexity index is 190. The normalized spacial score (nSPS) is 11.2. The van der Waals surface area contributed by atoms with Crippen LogP contribution in [-0.2, 0) is 9.47 Å². The van der Waals surface area contributed by atoms with Crippen LogP contribution in [0.4, 0.5) is 4.79 Å². The Morgan fingerprint density at radius 2 is 1.88 bits per heavy atom. The van der Waals surface area contributed by atoms with Crippen LogP contribution in [0.5, 0.6) is 0 Å². The summed E-state index contributed by atoms with van der Waals surface area (Å²) in [7, 11) is 1.91. The van der Waals surface area contributed by atoms with E-state index < -0.39 is 11.7 Å². The second-order valence-corrected chi connectivity index (χ2v) is 4.50. The van der Waals surface area contributed by atoms with Crippen LogP contribution in [0.3, 0.4) is 0 Å². The van der Waals surface area contributed by atoms with E-state index in [1.54, 1.807) is 0 Å². The second kappa shape index (κ2) is 8.35. The number of hydrogen-bond acceptors (Lipinski definition) is 4. The van der Waals surface area contributed by atoms with Crippen LogP contribution in [0.25, 0.3) is 0 Å². The van der Waals surface area contributed by atoms with Gasteiger partial charge in [-0.25, -0.2) is 4.79 Å². The van der Waals surface area contributed by atoms with Crippen molar-refractivity contribution < 1.29 is 14.3 Å². The van der Waals surface area contributed by atoms with Crippen LogP contribution in [0.2, 0.25) is 0 Å². The Balaban J connectivity index is 3.28. The topological polar surface area (TPSA) is 59.6 Å². The van der Waals surface area contributed by atoms with Gasteiger partial charge in [0.2, 0.25) is 0 Å². The maximum Gasteiger partial charge on any atom is 0.407 e. The zero-order chi connectivity index (χ0) is 12.4. The molecular weight excluding hydrogens is 208 g/mol. The van der Waals surface area contributed by atoms with E-state index in [0.717, 1.165) is 13.0 Å². The lowest BCUT2D eigenvalue weighted by Gasteiger charge is -2.19. The van der Waals surface area contributed by atoms with Gasteiger partial charge in [-0.15, -0.1) is 0 Å². The van der Waals surface area contributed by atoms with Crippen molar-refractivity contribution in [1.29, 1.82) is 0 Å². The van der Waals surface area contributed by atoms with Crippen LogP contribution in [0, 0.1) is 0 Å². The molecule has 1 amide bonds. The fourth-order valence-electron chi connectivity index (χ4n) is 0.993. The van der Waals surface area contributed by atoms with E-state index in [1.165, 1.54) is 0 Å². The van der Waals surface area contributed by atoms with Crippen LogP contribution in [0.1, 0.15) is 27.2 Å². The van der Waals surface area contributed by atoms with Crippen molar-refractivity contribution in [2.24, 2.45) is 0 Å². The van der Waals surface area contributed by atoms with Crippen molar-refractivity contribution in [1.82, 2.24) is 10.6 Å². The first-order valence-electron chi connectivity index (χ1n) is 5.65. The molecule has 0 bridgehead atoms. The fraction of sp³-hybridized carbons (Fsp3) is 0.909. The van der Waals surface area contributed by atoms with Gasteiger partial charge < -0.3 is 20.1 Å². The lowest BCUT2D eigenvalue weighted by molar-refractivity contribution is 0.0499. The average Bonchev–Trinajstić information content (AvgIpc) is 2.13. The van der Waals surface area contributed by atoms with Gasteiger partial charge in [0.15, 0.2) is 0 Å². The van der Waals surface area contributed by atoms with Gasteiger partial charge in [0.25, 0.3) is 0 Å². The molecule has 5 heteroatoms. The van der Waals surface area contributed by atoms with E-state index in [1.807, 2.05) is 27.8 Å². The predicted octanol–water partition coefficient (Wildman–Crippen LogP) is 1.14. The van der Waals surface area contributed by atoms with Gasteiger partial charge in [-0.05, 0) is 40.8 Å². The first-order chi connectivity index (χ1) is 7.45. The van der Waals surface area contributed by atoms with Gasteiger partial charge in [0, 0.05) is 13.2 Å². The molecule has 0 aromatic carbocycles. The molecule has 0 rings (SSSR count). The Labute approximate surface area is 97.9 Å². The van der Waals surface area contributed by atoms with E-state index in [0.29, 0.717) is 19.8 Å². The molecular formula is C11H24N2O3. The zero-order valence-corrected chi connectivity index (χ0v) is 10.8. The Kier molecular flexibility index (Phi) is 7.93. The number of nitrogens with one attached hydrogen (secondary N) is 2. The van der Waals surface area contributed by atoms with Crippen molar-refractivity contribution in [3.05, 3.63) is 0 Å². The smallest absolute Gasteiger partial charge is 0.407 e. The largest absolute Gasteiger partial charge is 0.444 e. The molecule has 0 aliphatic heterocycles. The first kappa shape index (κ1) is 15.2. The van der Waals surface area contributed by atoms with E-state index >= 15 is 0 Å². The summed E-state index contributed by atoms with van der Waals surface area (Å²) in [6, 6.07) is 0. The van der Waals surface area contributed by atoms with Gasteiger partial charge in [0.05, 0.1) is 6.61 Å². The molecule has 0 heterocycles. The Morgan fingerprint density at radius 1 is 1.19 bits per heavy atom. The third kappa shape index (κ3) is 11.3. The molecule has 2 N–H and O–H groups in total. The molecule has 0 saturated carbocycles. The molecule has 16 heavy (non-hydrogen) atoms. The molecule has 0 atom stereocenters. The summed E-state index contributed by atoms with van der Waals surface area (Å²) in [6.45, 7) is 8.15. The summed E-state index contributed by atoms with van der Waals surface area (Å²) in [6.07, 6.45) is 0.578. The molecule has 0 saturated heterocycles. The number of hydrogen-bond donors (Lipinski definition) is 2. The SMILES string of the molecule is CNCCCOCCNC(=O)OC(C)(C)C. The highest BCUT2D eigenvalue weighted by molar-refractivity contribution is 5.67. The average molecular weight is 232 g/mol. The number of carbonyl (C=O) groups is 1. The van der Waals surface area contributed by atoms with Crippen molar-refractivity contribution in [3.8, 4) is 0 Å². The highest BCUT2D eigenvalue weighted by Gasteiger charge is 2.15. The third-order valence-electron chi connectivity index (χ3n) is 1.63. The summed E-state index contributed by atoms with van der Waals surface area (Å²) in [5.41, 5.74) is -0.447. The van der Waals surface area contributed by atoms with E-state index in [2.05, 4.69) is 10.6 Å². The number of carbonyl (C=O) groups excluding carboxylic acids is 1. The third-order valence-corrected chi connectivity index (χ3v) is 1.63. The standard InChI is InChI=1S/C11H24N2O3/c1-11(2,3)16-10(14)13-7-9-15-8-5-6-12-4/h12H,5-9H2,1-4H3,(H,13,14). The molecule has 5 nitrogen and oxygen atoms in total. The minimum absolute atomic E-state index is 0.397. The fourth-order valence-corrected chi connectivity index (χ4v) is 0.993. The van der Waals surface area contributed by atoms with Gasteiger partial charge in [0.1, 0.15) is 5.60 Å². The molecule has 0 aliphatic rings. The molecule has 0 fully saturated rings. The lowest BCUT2D eigenvalue weighted by atomic mass is 10.2. The Hall–Kier alpha value is -0.810. The van der Waals surface area contributed by atoms with Crippen molar-refractivity contribution in [2.45, 2.75) is 32.8 Å². The summed E-state index contributed by atoms with van der Waals surface area (Å²) in [5, 5.41) is 5.66. The Morgan fingerprint density at radius 3 is 2.44 bits per heavy atom. The van der Waals surface area contributed by atoms with E-state index in [-0.39, 0.29) is 0 Å². The molecule has 0 aromatic rings. The number of rotatable bonds is 7. The summed E-state index contributed by atoms with van der Waals surface area (Å²) < 4.78 is 10.4. The van der Waals surface area contributed by atoms with Gasteiger partial charge in [-0.1, -0.05) is 0 Å². The van der Waals surface area contributed by atoms with Crippen LogP contribution in [-0.4, -0.2) is 45.0 Å². The second-order valence-electron chi connectivity index (χ2n) is 4.50. The molecule has 0 unspecified atom stereocenters. The summed E-state index contributed by atoms with van der Waals surface area (Å²) in [4.78, 5) is 11.2. The molecule has 0 aromatic heterocycles. The summed E-state index contributed by atoms with van der Waals surface area (Å²) >= 11 is 0. The number of amides is 1. The van der Waals surface area contributed by atoms with Gasteiger partial charge in [-0.2, -0.15) is 0 Å². The number of alkyl carbamates (subject to hydrolysis) is 1. The molecule has 0 radical (unpaired) electrons. The monoisotopic (exact) mass is 232 g/mol. The lowest BCUT2D eigenvalue weighted by Crippen LogP contribution is -2.34. The van der Waals surface area contributed by atoms with Crippen LogP contribution < -0.4 is 10.6 Å². The van der Waals surface area contributed by atoms with Crippen LogP contribution >= 0.6 is 0 Å². The van der Waals surface area contributed by atoms with Crippen molar-refractivity contribution in [3.63, 3.8) is 0 Å². The van der Waals surface area contributed by atoms with Gasteiger partial charge >= 0.3 is 6.09 Å². The first-order valence-corrected chi connectivity index (χ1v) is 5.65. The maximum absolute atomic E-state index is 11.2. The summed E-state index contributed by atoms with van der Waals surface area (Å²) in [5.74, 6) is 0. The zero-order valence-electron chi connectivity index (χ0n) is 10.8. The minimum atomic E-state index is -0.447. The predicted molar refractivity (Wildman–Crippen MR) is 63.6 cm³/mol. The minimum Gasteiger partial charge on any atom is -0.444 e. The molecule has 0 spiro atoms.